The quantitative estimate of drug-likeness (QED) is 0.448. The minimum absolute atomic E-state index is 0.116. The van der Waals surface area contributed by atoms with Crippen LogP contribution in [0.1, 0.15) is 50.0 Å². The zero-order valence-electron chi connectivity index (χ0n) is 17.1. The number of aryl methyl sites for hydroxylation is 1. The molecule has 2 aromatic rings. The number of carbonyl (C=O) groups excluding carboxylic acids is 1. The van der Waals surface area contributed by atoms with Gasteiger partial charge in [-0.1, -0.05) is 0 Å². The fourth-order valence-corrected chi connectivity index (χ4v) is 4.71. The Balaban J connectivity index is 1.91. The van der Waals surface area contributed by atoms with Gasteiger partial charge >= 0.3 is 0 Å². The Morgan fingerprint density at radius 2 is 2.25 bits per heavy atom. The molecule has 0 radical (unpaired) electrons. The molecule has 1 aliphatic heterocycles. The van der Waals surface area contributed by atoms with E-state index in [9.17, 15) is 4.79 Å². The molecule has 3 heterocycles. The summed E-state index contributed by atoms with van der Waals surface area (Å²) in [5, 5.41) is 1.07. The van der Waals surface area contributed by atoms with E-state index in [0.29, 0.717) is 0 Å². The molecule has 0 bridgehead atoms. The number of hydrogen-bond acceptors (Lipinski definition) is 4. The van der Waals surface area contributed by atoms with Crippen molar-refractivity contribution in [2.24, 2.45) is 0 Å². The van der Waals surface area contributed by atoms with Gasteiger partial charge < -0.3 is 14.2 Å². The molecule has 0 saturated carbocycles. The van der Waals surface area contributed by atoms with Crippen molar-refractivity contribution < 1.29 is 9.53 Å². The van der Waals surface area contributed by atoms with E-state index in [4.69, 9.17) is 4.74 Å². The van der Waals surface area contributed by atoms with Crippen molar-refractivity contribution in [3.8, 4) is 0 Å². The number of ether oxygens (including phenoxy) is 1. The van der Waals surface area contributed by atoms with Gasteiger partial charge in [0.05, 0.1) is 11.7 Å². The number of rotatable bonds is 8. The highest BCUT2D eigenvalue weighted by atomic mass is 79.9. The van der Waals surface area contributed by atoms with Crippen molar-refractivity contribution in [2.45, 2.75) is 58.2 Å². The van der Waals surface area contributed by atoms with E-state index in [1.807, 2.05) is 18.3 Å². The third kappa shape index (κ3) is 4.75. The van der Waals surface area contributed by atoms with Crippen LogP contribution in [0.2, 0.25) is 0 Å². The Bertz CT molecular complexity index is 792. The second-order valence-electron chi connectivity index (χ2n) is 7.79. The first-order valence-corrected chi connectivity index (χ1v) is 10.9. The van der Waals surface area contributed by atoms with E-state index in [0.717, 1.165) is 68.5 Å². The number of amides is 1. The number of methoxy groups -OCH3 is 1. The number of fused-ring (bicyclic) bond motifs is 1. The van der Waals surface area contributed by atoms with Gasteiger partial charge in [-0.05, 0) is 51.7 Å². The Morgan fingerprint density at radius 1 is 1.43 bits per heavy atom. The number of halogens is 1. The summed E-state index contributed by atoms with van der Waals surface area (Å²) in [6.07, 6.45) is 7.73. The van der Waals surface area contributed by atoms with Crippen LogP contribution in [0.3, 0.4) is 0 Å². The van der Waals surface area contributed by atoms with Crippen molar-refractivity contribution in [1.82, 2.24) is 18.4 Å². The fraction of sp³-hybridized carbons (Fsp3) is 0.619. The molecule has 0 aromatic carbocycles. The average molecular weight is 451 g/mol. The van der Waals surface area contributed by atoms with Crippen molar-refractivity contribution in [3.63, 3.8) is 0 Å². The molecule has 3 rings (SSSR count). The van der Waals surface area contributed by atoms with Gasteiger partial charge in [-0.2, -0.15) is 0 Å². The standard InChI is InChI=1S/C21H31BrN4O2/c1-16(2)26(18-7-6-10-24(22)15-18)21(27)19-13-17-8-9-23-14-20(17)25(19)11-4-5-12-28-3/h8-9,13-14,16,18H,4-7,10-12,15H2,1-3H3/t18-/m1/s1. The third-order valence-corrected chi connectivity index (χ3v) is 6.08. The second-order valence-corrected chi connectivity index (χ2v) is 8.79. The van der Waals surface area contributed by atoms with Gasteiger partial charge in [0.2, 0.25) is 0 Å². The number of unbranched alkanes of at least 4 members (excludes halogenated alkanes) is 1. The van der Waals surface area contributed by atoms with Crippen LogP contribution < -0.4 is 0 Å². The number of hydrogen-bond donors (Lipinski definition) is 0. The van der Waals surface area contributed by atoms with Crippen LogP contribution in [0.15, 0.2) is 24.5 Å². The molecule has 6 nitrogen and oxygen atoms in total. The van der Waals surface area contributed by atoms with Crippen molar-refractivity contribution in [3.05, 3.63) is 30.2 Å². The summed E-state index contributed by atoms with van der Waals surface area (Å²) in [6, 6.07) is 4.38. The molecule has 1 saturated heterocycles. The van der Waals surface area contributed by atoms with Crippen LogP contribution in [-0.2, 0) is 11.3 Å². The lowest BCUT2D eigenvalue weighted by Crippen LogP contribution is -2.51. The highest BCUT2D eigenvalue weighted by Gasteiger charge is 2.32. The molecule has 0 aliphatic carbocycles. The van der Waals surface area contributed by atoms with Crippen molar-refractivity contribution in [1.29, 1.82) is 0 Å². The van der Waals surface area contributed by atoms with Crippen LogP contribution in [0.4, 0.5) is 0 Å². The van der Waals surface area contributed by atoms with E-state index >= 15 is 0 Å². The summed E-state index contributed by atoms with van der Waals surface area (Å²) in [7, 11) is 1.72. The number of piperidine rings is 1. The van der Waals surface area contributed by atoms with Crippen LogP contribution in [0.5, 0.6) is 0 Å². The van der Waals surface area contributed by atoms with Crippen LogP contribution in [-0.4, -0.2) is 63.2 Å². The molecular formula is C21H31BrN4O2. The molecular weight excluding hydrogens is 420 g/mol. The zero-order chi connectivity index (χ0) is 20.1. The Kier molecular flexibility index (Phi) is 7.48. The van der Waals surface area contributed by atoms with Crippen molar-refractivity contribution in [2.75, 3.05) is 26.8 Å². The Hall–Kier alpha value is -1.44. The first-order valence-electron chi connectivity index (χ1n) is 10.2. The minimum Gasteiger partial charge on any atom is -0.385 e. The topological polar surface area (TPSA) is 50.6 Å². The predicted molar refractivity (Wildman–Crippen MR) is 116 cm³/mol. The monoisotopic (exact) mass is 450 g/mol. The molecule has 2 aromatic heterocycles. The first-order chi connectivity index (χ1) is 13.5. The maximum absolute atomic E-state index is 13.7. The number of nitrogens with zero attached hydrogens (tertiary/aromatic N) is 4. The SMILES string of the molecule is COCCCCn1c(C(=O)N(C(C)C)[C@@H]2CCCN(Br)C2)cc2ccncc21. The molecule has 1 amide bonds. The van der Waals surface area contributed by atoms with Gasteiger partial charge in [0.15, 0.2) is 0 Å². The fourth-order valence-electron chi connectivity index (χ4n) is 4.12. The van der Waals surface area contributed by atoms with E-state index < -0.39 is 0 Å². The largest absolute Gasteiger partial charge is 0.385 e. The normalized spacial score (nSPS) is 18.1. The van der Waals surface area contributed by atoms with Crippen molar-refractivity contribution >= 4 is 33.0 Å². The Morgan fingerprint density at radius 3 is 2.96 bits per heavy atom. The van der Waals surface area contributed by atoms with E-state index in [1.54, 1.807) is 13.3 Å². The highest BCUT2D eigenvalue weighted by molar-refractivity contribution is 9.07. The van der Waals surface area contributed by atoms with Gasteiger partial charge in [0.1, 0.15) is 5.69 Å². The molecule has 0 spiro atoms. The van der Waals surface area contributed by atoms with Crippen LogP contribution in [0.25, 0.3) is 10.9 Å². The van der Waals surface area contributed by atoms with Crippen LogP contribution in [0, 0.1) is 0 Å². The third-order valence-electron chi connectivity index (χ3n) is 5.44. The summed E-state index contributed by atoms with van der Waals surface area (Å²) in [5.41, 5.74) is 1.79. The second kappa shape index (κ2) is 9.85. The highest BCUT2D eigenvalue weighted by Crippen LogP contribution is 2.26. The molecule has 7 heteroatoms. The molecule has 28 heavy (non-hydrogen) atoms. The molecule has 0 N–H and O–H groups in total. The lowest BCUT2D eigenvalue weighted by atomic mass is 10.0. The van der Waals surface area contributed by atoms with E-state index in [2.05, 4.69) is 48.4 Å². The maximum Gasteiger partial charge on any atom is 0.271 e. The van der Waals surface area contributed by atoms with Gasteiger partial charge in [-0.3, -0.25) is 9.78 Å². The predicted octanol–water partition coefficient (Wildman–Crippen LogP) is 4.09. The molecule has 1 aliphatic rings. The summed E-state index contributed by atoms with van der Waals surface area (Å²) >= 11 is 3.61. The average Bonchev–Trinajstić information content (AvgIpc) is 3.04. The number of pyridine rings is 1. The number of aromatic nitrogens is 2. The van der Waals surface area contributed by atoms with Crippen LogP contribution >= 0.6 is 16.1 Å². The molecule has 1 fully saturated rings. The van der Waals surface area contributed by atoms with Gasteiger partial charge in [0, 0.05) is 73.2 Å². The van der Waals surface area contributed by atoms with E-state index in [-0.39, 0.29) is 18.0 Å². The minimum atomic E-state index is 0.116. The van der Waals surface area contributed by atoms with Gasteiger partial charge in [-0.15, -0.1) is 0 Å². The lowest BCUT2D eigenvalue weighted by Gasteiger charge is -2.39. The summed E-state index contributed by atoms with van der Waals surface area (Å²) in [5.74, 6) is 0.116. The first kappa shape index (κ1) is 21.3. The van der Waals surface area contributed by atoms with Gasteiger partial charge in [-0.25, -0.2) is 3.93 Å². The summed E-state index contributed by atoms with van der Waals surface area (Å²) in [4.78, 5) is 20.1. The smallest absolute Gasteiger partial charge is 0.271 e. The lowest BCUT2D eigenvalue weighted by molar-refractivity contribution is 0.0527. The molecule has 154 valence electrons. The maximum atomic E-state index is 13.7. The Labute approximate surface area is 176 Å². The zero-order valence-corrected chi connectivity index (χ0v) is 18.7. The summed E-state index contributed by atoms with van der Waals surface area (Å²) < 4.78 is 9.47. The van der Waals surface area contributed by atoms with Gasteiger partial charge in [0.25, 0.3) is 5.91 Å². The number of carbonyl (C=O) groups is 1. The molecule has 0 unspecified atom stereocenters. The van der Waals surface area contributed by atoms with E-state index in [1.165, 1.54) is 0 Å². The molecule has 1 atom stereocenters. The summed E-state index contributed by atoms with van der Waals surface area (Å²) in [6.45, 7) is 7.64.